The molecule has 1 N–H and O–H groups in total. The largest absolute Gasteiger partial charge is 0.360 e. The number of aromatic amines is 1. The molecule has 0 spiro atoms. The highest BCUT2D eigenvalue weighted by Gasteiger charge is 1.87. The van der Waals surface area contributed by atoms with Crippen LogP contribution >= 0.6 is 0 Å². The van der Waals surface area contributed by atoms with Crippen LogP contribution in [0, 0.1) is 0 Å². The van der Waals surface area contributed by atoms with E-state index in [0.717, 1.165) is 0 Å². The first-order chi connectivity index (χ1) is 5.66. The van der Waals surface area contributed by atoms with Gasteiger partial charge in [-0.25, -0.2) is 0 Å². The lowest BCUT2D eigenvalue weighted by Crippen LogP contribution is -1.68. The van der Waals surface area contributed by atoms with E-state index >= 15 is 0 Å². The van der Waals surface area contributed by atoms with Gasteiger partial charge in [-0.2, -0.15) is 0 Å². The number of aromatic nitrogens is 2. The Balaban J connectivity index is 2.88. The Morgan fingerprint density at radius 3 is 3.56 bits per heavy atom. The van der Waals surface area contributed by atoms with E-state index in [-0.39, 0.29) is 18.5 Å². The second-order valence-electron chi connectivity index (χ2n) is 1.74. The molecule has 2 aromatic heterocycles. The maximum Gasteiger partial charge on any atom is 0.0863 e. The van der Waals surface area contributed by atoms with Gasteiger partial charge in [-0.15, -0.1) is 0 Å². The first kappa shape index (κ1) is 2.52. The minimum Gasteiger partial charge on any atom is -0.360 e. The van der Waals surface area contributed by atoms with Gasteiger partial charge in [0, 0.05) is 17.7 Å². The van der Waals surface area contributed by atoms with E-state index in [1.807, 2.05) is 0 Å². The zero-order valence-corrected chi connectivity index (χ0v) is 4.60. The number of pyridine rings is 1. The smallest absolute Gasteiger partial charge is 0.0863 e. The summed E-state index contributed by atoms with van der Waals surface area (Å²) in [5.74, 6) is 0. The molecule has 2 aromatic rings. The van der Waals surface area contributed by atoms with E-state index in [1.54, 1.807) is 6.07 Å². The van der Waals surface area contributed by atoms with Crippen LogP contribution in [-0.2, 0) is 0 Å². The molecule has 9 heavy (non-hydrogen) atoms. The molecule has 0 unspecified atom stereocenters. The molecular weight excluding hydrogens is 112 g/mol. The van der Waals surface area contributed by atoms with Crippen molar-refractivity contribution in [1.82, 2.24) is 9.97 Å². The quantitative estimate of drug-likeness (QED) is 0.563. The van der Waals surface area contributed by atoms with Crippen LogP contribution in [0.2, 0.25) is 0 Å². The summed E-state index contributed by atoms with van der Waals surface area (Å²) in [5, 5.41) is 0.699. The second kappa shape index (κ2) is 1.58. The highest BCUT2D eigenvalue weighted by Crippen LogP contribution is 2.07. The van der Waals surface area contributed by atoms with Crippen LogP contribution in [0.15, 0.2) is 30.7 Å². The fraction of sp³-hybridized carbons (Fsp3) is 0. The predicted molar refractivity (Wildman–Crippen MR) is 36.1 cm³/mol. The Labute approximate surface area is 56.8 Å². The van der Waals surface area contributed by atoms with E-state index in [0.29, 0.717) is 10.9 Å². The normalized spacial score (nSPS) is 14.9. The fourth-order valence-corrected chi connectivity index (χ4v) is 0.727. The molecule has 0 saturated carbocycles. The molecule has 0 amide bonds. The predicted octanol–water partition coefficient (Wildman–Crippen LogP) is 1.56. The molecule has 0 aliphatic carbocycles. The number of rotatable bonds is 0. The van der Waals surface area contributed by atoms with Crippen molar-refractivity contribution >= 4 is 10.9 Å². The monoisotopic (exact) mass is 121 g/mol. The van der Waals surface area contributed by atoms with Gasteiger partial charge < -0.3 is 4.98 Å². The van der Waals surface area contributed by atoms with Crippen molar-refractivity contribution in [3.05, 3.63) is 30.7 Å². The average Bonchev–Trinajstić information content (AvgIpc) is 2.29. The number of H-pyrrole nitrogens is 1. The maximum absolute atomic E-state index is 7.37. The van der Waals surface area contributed by atoms with Crippen molar-refractivity contribution in [3.8, 4) is 0 Å². The van der Waals surface area contributed by atoms with Crippen molar-refractivity contribution in [3.63, 3.8) is 0 Å². The second-order valence-corrected chi connectivity index (χ2v) is 1.74. The van der Waals surface area contributed by atoms with Gasteiger partial charge in [0.1, 0.15) is 0 Å². The molecule has 2 heterocycles. The summed E-state index contributed by atoms with van der Waals surface area (Å²) in [5.41, 5.74) is 0.524. The number of hydrogen-bond acceptors (Lipinski definition) is 1. The Hall–Kier alpha value is -1.31. The first-order valence-corrected chi connectivity index (χ1v) is 2.60. The fourth-order valence-electron chi connectivity index (χ4n) is 0.727. The van der Waals surface area contributed by atoms with Gasteiger partial charge in [-0.3, -0.25) is 4.98 Å². The van der Waals surface area contributed by atoms with Gasteiger partial charge in [0.25, 0.3) is 0 Å². The van der Waals surface area contributed by atoms with E-state index < -0.39 is 0 Å². The third-order valence-corrected chi connectivity index (χ3v) is 1.17. The van der Waals surface area contributed by atoms with Crippen LogP contribution in [0.1, 0.15) is 4.11 Å². The summed E-state index contributed by atoms with van der Waals surface area (Å²) in [6, 6.07) is 3.11. The Bertz CT molecular complexity index is 435. The third kappa shape index (κ3) is 0.598. The highest BCUT2D eigenvalue weighted by atomic mass is 14.7. The summed E-state index contributed by atoms with van der Waals surface area (Å²) in [4.78, 5) is 6.32. The van der Waals surface area contributed by atoms with E-state index in [4.69, 9.17) is 4.11 Å². The van der Waals surface area contributed by atoms with Crippen LogP contribution in [-0.4, -0.2) is 9.97 Å². The molecule has 0 aliphatic rings. The van der Waals surface area contributed by atoms with E-state index in [9.17, 15) is 0 Å². The molecule has 0 aliphatic heterocycles. The summed E-state index contributed by atoms with van der Waals surface area (Å²) in [6.45, 7) is 0. The first-order valence-electron chi connectivity index (χ1n) is 4.10. The lowest BCUT2D eigenvalue weighted by Gasteiger charge is -1.82. The molecule has 0 fully saturated rings. The lowest BCUT2D eigenvalue weighted by molar-refractivity contribution is 1.34. The third-order valence-electron chi connectivity index (χ3n) is 1.17. The van der Waals surface area contributed by atoms with Crippen molar-refractivity contribution in [2.45, 2.75) is 0 Å². The van der Waals surface area contributed by atoms with Gasteiger partial charge in [-0.1, -0.05) is 0 Å². The average molecular weight is 121 g/mol. The molecule has 0 radical (unpaired) electrons. The van der Waals surface area contributed by atoms with Gasteiger partial charge >= 0.3 is 0 Å². The molecule has 2 rings (SSSR count). The van der Waals surface area contributed by atoms with Gasteiger partial charge in [0.05, 0.1) is 15.8 Å². The number of nitrogens with zero attached hydrogens (tertiary/aromatic N) is 1. The summed E-state index contributed by atoms with van der Waals surface area (Å²) >= 11 is 0. The Kier molecular flexibility index (Phi) is 0.444. The highest BCUT2D eigenvalue weighted by molar-refractivity contribution is 5.77. The molecular formula is C7H6N2. The number of nitrogens with one attached hydrogen (secondary N) is 1. The van der Waals surface area contributed by atoms with E-state index in [2.05, 4.69) is 9.97 Å². The van der Waals surface area contributed by atoms with Crippen LogP contribution in [0.25, 0.3) is 10.9 Å². The van der Waals surface area contributed by atoms with Crippen molar-refractivity contribution < 1.29 is 4.11 Å². The minimum atomic E-state index is 0.0241. The van der Waals surface area contributed by atoms with Crippen LogP contribution in [0.4, 0.5) is 0 Å². The zero-order valence-electron chi connectivity index (χ0n) is 7.60. The van der Waals surface area contributed by atoms with Crippen molar-refractivity contribution in [2.75, 3.05) is 0 Å². The molecule has 44 valence electrons. The Morgan fingerprint density at radius 1 is 1.56 bits per heavy atom. The molecule has 0 bridgehead atoms. The summed E-state index contributed by atoms with van der Waals surface area (Å²) < 4.78 is 21.9. The van der Waals surface area contributed by atoms with Crippen LogP contribution in [0.5, 0.6) is 0 Å². The molecule has 0 aromatic carbocycles. The minimum absolute atomic E-state index is 0.0241. The number of hydrogen-bond donors (Lipinski definition) is 1. The van der Waals surface area contributed by atoms with E-state index in [1.165, 1.54) is 6.07 Å². The van der Waals surface area contributed by atoms with Crippen LogP contribution in [0.3, 0.4) is 0 Å². The van der Waals surface area contributed by atoms with Gasteiger partial charge in [0.15, 0.2) is 0 Å². The topological polar surface area (TPSA) is 28.7 Å². The standard InChI is InChI=1S/C7H6N2/c1-3-8-5-7-6(1)2-4-9-7/h1-5,9H/i3D,4D,5D. The molecule has 2 heteroatoms. The number of fused-ring (bicyclic) bond motifs is 1. The summed E-state index contributed by atoms with van der Waals surface area (Å²) in [7, 11) is 0. The molecule has 0 saturated heterocycles. The summed E-state index contributed by atoms with van der Waals surface area (Å²) in [6.07, 6.45) is 0.327. The molecule has 0 atom stereocenters. The molecule has 2 nitrogen and oxygen atoms in total. The Morgan fingerprint density at radius 2 is 2.56 bits per heavy atom. The maximum atomic E-state index is 7.37. The van der Waals surface area contributed by atoms with Gasteiger partial charge in [0.2, 0.25) is 0 Å². The van der Waals surface area contributed by atoms with Gasteiger partial charge in [-0.05, 0) is 12.1 Å². The zero-order chi connectivity index (χ0) is 8.72. The van der Waals surface area contributed by atoms with Crippen molar-refractivity contribution in [1.29, 1.82) is 0 Å². The van der Waals surface area contributed by atoms with Crippen LogP contribution < -0.4 is 0 Å². The van der Waals surface area contributed by atoms with Crippen molar-refractivity contribution in [2.24, 2.45) is 0 Å². The SMILES string of the molecule is [2H]c1cc2cc([2H])[nH]c2c([2H])n1. The lowest BCUT2D eigenvalue weighted by atomic mass is 10.3.